The highest BCUT2D eigenvalue weighted by Gasteiger charge is 2.38. The Hall–Kier alpha value is -3.09. The first-order chi connectivity index (χ1) is 12.6. The van der Waals surface area contributed by atoms with Crippen LogP contribution >= 0.6 is 0 Å². The fraction of sp³-hybridized carbons (Fsp3) is 0.263. The van der Waals surface area contributed by atoms with E-state index in [1.54, 1.807) is 12.1 Å². The largest absolute Gasteiger partial charge is 0.497 e. The maximum absolute atomic E-state index is 14.3. The SMILES string of the molecule is COc1ccc([C@@H]2CNC(=O)[C@H]2NC(=O)OCc2ccccc2)c(F)c1. The lowest BCUT2D eigenvalue weighted by molar-refractivity contribution is -0.120. The number of hydrogen-bond donors (Lipinski definition) is 2. The van der Waals surface area contributed by atoms with E-state index in [2.05, 4.69) is 10.6 Å². The molecule has 0 bridgehead atoms. The van der Waals surface area contributed by atoms with Crippen LogP contribution in [-0.4, -0.2) is 31.7 Å². The van der Waals surface area contributed by atoms with Gasteiger partial charge in [0.2, 0.25) is 5.91 Å². The molecule has 1 aliphatic rings. The minimum atomic E-state index is -0.902. The van der Waals surface area contributed by atoms with Crippen molar-refractivity contribution in [3.8, 4) is 5.75 Å². The third kappa shape index (κ3) is 3.93. The molecule has 1 saturated heterocycles. The molecule has 6 nitrogen and oxygen atoms in total. The van der Waals surface area contributed by atoms with E-state index in [1.165, 1.54) is 13.2 Å². The molecule has 1 aliphatic heterocycles. The number of ether oxygens (including phenoxy) is 2. The van der Waals surface area contributed by atoms with E-state index in [1.807, 2.05) is 30.3 Å². The summed E-state index contributed by atoms with van der Waals surface area (Å²) >= 11 is 0. The normalized spacial score (nSPS) is 18.9. The Labute approximate surface area is 150 Å². The summed E-state index contributed by atoms with van der Waals surface area (Å²) in [5.74, 6) is -1.01. The molecule has 0 aliphatic carbocycles. The summed E-state index contributed by atoms with van der Waals surface area (Å²) in [5.41, 5.74) is 1.16. The topological polar surface area (TPSA) is 76.7 Å². The molecule has 2 aromatic carbocycles. The summed E-state index contributed by atoms with van der Waals surface area (Å²) in [4.78, 5) is 24.1. The van der Waals surface area contributed by atoms with Crippen LogP contribution in [0.4, 0.5) is 9.18 Å². The fourth-order valence-corrected chi connectivity index (χ4v) is 2.90. The van der Waals surface area contributed by atoms with Crippen LogP contribution in [0.2, 0.25) is 0 Å². The first kappa shape index (κ1) is 17.7. The summed E-state index contributed by atoms with van der Waals surface area (Å²) < 4.78 is 24.5. The molecule has 1 fully saturated rings. The van der Waals surface area contributed by atoms with Crippen molar-refractivity contribution in [3.05, 3.63) is 65.5 Å². The van der Waals surface area contributed by atoms with Crippen LogP contribution < -0.4 is 15.4 Å². The number of alkyl carbamates (subject to hydrolysis) is 1. The number of carbonyl (C=O) groups excluding carboxylic acids is 2. The average molecular weight is 358 g/mol. The second-order valence-corrected chi connectivity index (χ2v) is 5.92. The van der Waals surface area contributed by atoms with Gasteiger partial charge in [0.15, 0.2) is 0 Å². The van der Waals surface area contributed by atoms with Crippen molar-refractivity contribution in [1.82, 2.24) is 10.6 Å². The quantitative estimate of drug-likeness (QED) is 0.860. The van der Waals surface area contributed by atoms with Crippen molar-refractivity contribution >= 4 is 12.0 Å². The lowest BCUT2D eigenvalue weighted by atomic mass is 9.93. The minimum absolute atomic E-state index is 0.0859. The van der Waals surface area contributed by atoms with Crippen LogP contribution in [0.25, 0.3) is 0 Å². The third-order valence-electron chi connectivity index (χ3n) is 4.27. The lowest BCUT2D eigenvalue weighted by Crippen LogP contribution is -2.43. The smallest absolute Gasteiger partial charge is 0.408 e. The number of rotatable bonds is 5. The Bertz CT molecular complexity index is 797. The number of carbonyl (C=O) groups is 2. The molecule has 0 radical (unpaired) electrons. The van der Waals surface area contributed by atoms with Crippen LogP contribution in [0.3, 0.4) is 0 Å². The molecule has 0 aromatic heterocycles. The molecular formula is C19H19FN2O4. The summed E-state index contributed by atoms with van der Waals surface area (Å²) in [6, 6.07) is 12.7. The van der Waals surface area contributed by atoms with E-state index >= 15 is 0 Å². The van der Waals surface area contributed by atoms with Crippen LogP contribution in [0.5, 0.6) is 5.75 Å². The van der Waals surface area contributed by atoms with E-state index in [0.717, 1.165) is 5.56 Å². The van der Waals surface area contributed by atoms with Gasteiger partial charge in [0.1, 0.15) is 24.2 Å². The molecule has 2 aromatic rings. The van der Waals surface area contributed by atoms with Crippen LogP contribution in [-0.2, 0) is 16.1 Å². The van der Waals surface area contributed by atoms with Crippen LogP contribution in [0.15, 0.2) is 48.5 Å². The molecule has 0 unspecified atom stereocenters. The second-order valence-electron chi connectivity index (χ2n) is 5.92. The highest BCUT2D eigenvalue weighted by Crippen LogP contribution is 2.28. The molecule has 2 atom stereocenters. The predicted molar refractivity (Wildman–Crippen MR) is 92.3 cm³/mol. The predicted octanol–water partition coefficient (Wildman–Crippen LogP) is 2.34. The van der Waals surface area contributed by atoms with Crippen LogP contribution in [0, 0.1) is 5.82 Å². The maximum Gasteiger partial charge on any atom is 0.408 e. The molecule has 26 heavy (non-hydrogen) atoms. The third-order valence-corrected chi connectivity index (χ3v) is 4.27. The summed E-state index contributed by atoms with van der Waals surface area (Å²) in [6.45, 7) is 0.314. The highest BCUT2D eigenvalue weighted by atomic mass is 19.1. The molecule has 2 amide bonds. The number of benzene rings is 2. The molecule has 3 rings (SSSR count). The van der Waals surface area contributed by atoms with Gasteiger partial charge in [0, 0.05) is 18.5 Å². The van der Waals surface area contributed by atoms with Gasteiger partial charge in [0.05, 0.1) is 7.11 Å². The Kier molecular flexibility index (Phi) is 5.36. The van der Waals surface area contributed by atoms with E-state index in [0.29, 0.717) is 11.3 Å². The number of amides is 2. The molecule has 7 heteroatoms. The summed E-state index contributed by atoms with van der Waals surface area (Å²) in [7, 11) is 1.45. The monoisotopic (exact) mass is 358 g/mol. The van der Waals surface area contributed by atoms with Crippen molar-refractivity contribution in [3.63, 3.8) is 0 Å². The zero-order chi connectivity index (χ0) is 18.5. The van der Waals surface area contributed by atoms with Crippen LogP contribution in [0.1, 0.15) is 17.0 Å². The van der Waals surface area contributed by atoms with E-state index < -0.39 is 23.9 Å². The van der Waals surface area contributed by atoms with Gasteiger partial charge in [-0.25, -0.2) is 9.18 Å². The fourth-order valence-electron chi connectivity index (χ4n) is 2.90. The number of halogens is 1. The van der Waals surface area contributed by atoms with Gasteiger partial charge >= 0.3 is 6.09 Å². The summed E-state index contributed by atoms with van der Waals surface area (Å²) in [5, 5.41) is 5.18. The number of methoxy groups -OCH3 is 1. The molecule has 1 heterocycles. The highest BCUT2D eigenvalue weighted by molar-refractivity contribution is 5.89. The number of nitrogens with one attached hydrogen (secondary N) is 2. The van der Waals surface area contributed by atoms with Crippen molar-refractivity contribution in [2.45, 2.75) is 18.6 Å². The molecule has 136 valence electrons. The van der Waals surface area contributed by atoms with E-state index in [9.17, 15) is 14.0 Å². The van der Waals surface area contributed by atoms with Crippen molar-refractivity contribution < 1.29 is 23.5 Å². The Morgan fingerprint density at radius 3 is 2.73 bits per heavy atom. The molecule has 0 saturated carbocycles. The Balaban J connectivity index is 1.67. The Morgan fingerprint density at radius 2 is 2.04 bits per heavy atom. The zero-order valence-corrected chi connectivity index (χ0v) is 14.2. The van der Waals surface area contributed by atoms with Gasteiger partial charge < -0.3 is 20.1 Å². The van der Waals surface area contributed by atoms with E-state index in [4.69, 9.17) is 9.47 Å². The zero-order valence-electron chi connectivity index (χ0n) is 14.2. The average Bonchev–Trinajstić information content (AvgIpc) is 3.01. The Morgan fingerprint density at radius 1 is 1.27 bits per heavy atom. The van der Waals surface area contributed by atoms with Crippen molar-refractivity contribution in [2.24, 2.45) is 0 Å². The molecular weight excluding hydrogens is 339 g/mol. The standard InChI is InChI=1S/C19H19FN2O4/c1-25-13-7-8-14(16(20)9-13)15-10-21-18(23)17(15)22-19(24)26-11-12-5-3-2-4-6-12/h2-9,15,17H,10-11H2,1H3,(H,21,23)(H,22,24)/t15-,17-/m0/s1. The first-order valence-electron chi connectivity index (χ1n) is 8.17. The van der Waals surface area contributed by atoms with Gasteiger partial charge in [-0.2, -0.15) is 0 Å². The van der Waals surface area contributed by atoms with Gasteiger partial charge in [-0.15, -0.1) is 0 Å². The van der Waals surface area contributed by atoms with Crippen molar-refractivity contribution in [2.75, 3.05) is 13.7 Å². The maximum atomic E-state index is 14.3. The minimum Gasteiger partial charge on any atom is -0.497 e. The van der Waals surface area contributed by atoms with Gasteiger partial charge in [-0.3, -0.25) is 4.79 Å². The summed E-state index contributed by atoms with van der Waals surface area (Å²) in [6.07, 6.45) is -0.727. The van der Waals surface area contributed by atoms with Gasteiger partial charge in [-0.1, -0.05) is 36.4 Å². The van der Waals surface area contributed by atoms with Gasteiger partial charge in [0.25, 0.3) is 0 Å². The lowest BCUT2D eigenvalue weighted by Gasteiger charge is -2.19. The molecule has 2 N–H and O–H groups in total. The van der Waals surface area contributed by atoms with E-state index in [-0.39, 0.29) is 19.1 Å². The number of hydrogen-bond acceptors (Lipinski definition) is 4. The van der Waals surface area contributed by atoms with Crippen molar-refractivity contribution in [1.29, 1.82) is 0 Å². The van der Waals surface area contributed by atoms with Gasteiger partial charge in [-0.05, 0) is 17.2 Å². The first-order valence-corrected chi connectivity index (χ1v) is 8.17. The second kappa shape index (κ2) is 7.86. The molecule has 0 spiro atoms.